The first-order valence-electron chi connectivity index (χ1n) is 7.10. The molecule has 0 radical (unpaired) electrons. The van der Waals surface area contributed by atoms with Crippen LogP contribution in [0.3, 0.4) is 0 Å². The summed E-state index contributed by atoms with van der Waals surface area (Å²) in [5.74, 6) is -0.978. The highest BCUT2D eigenvalue weighted by atomic mass is 35.5. The van der Waals surface area contributed by atoms with Crippen LogP contribution in [0, 0.1) is 0 Å². The lowest BCUT2D eigenvalue weighted by atomic mass is 10.1. The molecule has 2 aromatic heterocycles. The average molecular weight is 360 g/mol. The zero-order valence-corrected chi connectivity index (χ0v) is 14.6. The molecule has 0 bridgehead atoms. The van der Waals surface area contributed by atoms with E-state index in [1.807, 2.05) is 25.1 Å². The van der Waals surface area contributed by atoms with Crippen LogP contribution < -0.4 is 4.90 Å². The smallest absolute Gasteiger partial charge is 0.336 e. The zero-order valence-electron chi connectivity index (χ0n) is 13.0. The number of carboxylic acid groups (broad SMARTS) is 1. The molecule has 3 rings (SSSR count). The van der Waals surface area contributed by atoms with Gasteiger partial charge in [-0.15, -0.1) is 0 Å². The van der Waals surface area contributed by atoms with Crippen LogP contribution in [0.4, 0.5) is 5.13 Å². The van der Waals surface area contributed by atoms with Gasteiger partial charge in [-0.2, -0.15) is 0 Å². The third-order valence-corrected chi connectivity index (χ3v) is 4.94. The van der Waals surface area contributed by atoms with Gasteiger partial charge in [-0.3, -0.25) is 0 Å². The maximum Gasteiger partial charge on any atom is 0.336 e. The van der Waals surface area contributed by atoms with Crippen molar-refractivity contribution in [2.24, 2.45) is 0 Å². The van der Waals surface area contributed by atoms with Crippen LogP contribution in [0.2, 0.25) is 5.15 Å². The van der Waals surface area contributed by atoms with Gasteiger partial charge in [0.15, 0.2) is 5.13 Å². The minimum atomic E-state index is -0.978. The van der Waals surface area contributed by atoms with E-state index in [0.717, 1.165) is 10.0 Å². The number of fused-ring (bicyclic) bond motifs is 1. The third kappa shape index (κ3) is 3.25. The highest BCUT2D eigenvalue weighted by molar-refractivity contribution is 7.17. The number of hydrogen-bond acceptors (Lipinski definition) is 5. The zero-order chi connectivity index (χ0) is 17.3. The maximum atomic E-state index is 11.5. The number of carbonyl (C=O) groups is 1. The summed E-state index contributed by atoms with van der Waals surface area (Å²) in [6, 6.07) is 8.73. The second-order valence-corrected chi connectivity index (χ2v) is 6.66. The van der Waals surface area contributed by atoms with Crippen LogP contribution >= 0.6 is 22.9 Å². The van der Waals surface area contributed by atoms with Crippen molar-refractivity contribution in [1.29, 1.82) is 0 Å². The Morgan fingerprint density at radius 2 is 2.00 bits per heavy atom. The molecule has 0 aliphatic carbocycles. The fourth-order valence-corrected chi connectivity index (χ4v) is 3.31. The number of para-hydroxylation sites is 1. The number of hydrogen-bond donors (Lipinski definition) is 1. The van der Waals surface area contributed by atoms with E-state index in [9.17, 15) is 9.90 Å². The maximum absolute atomic E-state index is 11.5. The minimum Gasteiger partial charge on any atom is -0.478 e. The SMILES string of the molecule is CN(C)c1nc(Cl)c(/C=C/c2cc(C(=O)O)c3ccccc3n2)s1. The Kier molecular flexibility index (Phi) is 4.51. The van der Waals surface area contributed by atoms with Crippen LogP contribution in [0.1, 0.15) is 20.9 Å². The molecule has 0 amide bonds. The quantitative estimate of drug-likeness (QED) is 0.753. The lowest BCUT2D eigenvalue weighted by Gasteiger charge is -2.04. The van der Waals surface area contributed by atoms with Gasteiger partial charge in [-0.25, -0.2) is 14.8 Å². The van der Waals surface area contributed by atoms with Gasteiger partial charge < -0.3 is 10.0 Å². The standard InChI is InChI=1S/C17H14ClN3O2S/c1-21(2)17-20-15(18)14(24-17)8-7-10-9-12(16(22)23)11-5-3-4-6-13(11)19-10/h3-9H,1-2H3,(H,22,23)/b8-7+. The molecule has 0 unspecified atom stereocenters. The second kappa shape index (κ2) is 6.59. The van der Waals surface area contributed by atoms with Gasteiger partial charge in [-0.05, 0) is 24.3 Å². The number of nitrogens with zero attached hydrogens (tertiary/aromatic N) is 3. The summed E-state index contributed by atoms with van der Waals surface area (Å²) in [5.41, 5.74) is 1.42. The Labute approximate surface area is 147 Å². The number of benzene rings is 1. The molecule has 3 aromatic rings. The summed E-state index contributed by atoms with van der Waals surface area (Å²) in [4.78, 5) is 22.9. The molecule has 0 saturated carbocycles. The van der Waals surface area contributed by atoms with Crippen molar-refractivity contribution in [1.82, 2.24) is 9.97 Å². The van der Waals surface area contributed by atoms with Crippen LogP contribution in [0.5, 0.6) is 0 Å². The molecular formula is C17H14ClN3O2S. The van der Waals surface area contributed by atoms with Gasteiger partial charge in [0, 0.05) is 19.5 Å². The summed E-state index contributed by atoms with van der Waals surface area (Å²) in [6.45, 7) is 0. The Balaban J connectivity index is 2.02. The molecule has 0 aliphatic rings. The molecule has 0 fully saturated rings. The number of anilines is 1. The molecule has 0 spiro atoms. The summed E-state index contributed by atoms with van der Waals surface area (Å²) >= 11 is 7.59. The van der Waals surface area contributed by atoms with E-state index in [1.54, 1.807) is 36.4 Å². The van der Waals surface area contributed by atoms with Crippen LogP contribution in [0.15, 0.2) is 30.3 Å². The summed E-state index contributed by atoms with van der Waals surface area (Å²) in [5, 5.41) is 11.3. The number of carboxylic acids is 1. The Morgan fingerprint density at radius 1 is 1.25 bits per heavy atom. The number of aromatic carboxylic acids is 1. The van der Waals surface area contributed by atoms with Crippen molar-refractivity contribution in [2.45, 2.75) is 0 Å². The molecule has 5 nitrogen and oxygen atoms in total. The molecule has 1 N–H and O–H groups in total. The van der Waals surface area contributed by atoms with Crippen molar-refractivity contribution in [3.8, 4) is 0 Å². The predicted molar refractivity (Wildman–Crippen MR) is 99.1 cm³/mol. The number of aromatic nitrogens is 2. The van der Waals surface area contributed by atoms with E-state index in [2.05, 4.69) is 9.97 Å². The highest BCUT2D eigenvalue weighted by Gasteiger charge is 2.11. The van der Waals surface area contributed by atoms with E-state index in [-0.39, 0.29) is 5.56 Å². The Morgan fingerprint density at radius 3 is 2.67 bits per heavy atom. The summed E-state index contributed by atoms with van der Waals surface area (Å²) < 4.78 is 0. The van der Waals surface area contributed by atoms with Gasteiger partial charge in [0.1, 0.15) is 5.15 Å². The minimum absolute atomic E-state index is 0.227. The first kappa shape index (κ1) is 16.4. The van der Waals surface area contributed by atoms with Gasteiger partial charge in [0.05, 0.1) is 21.7 Å². The third-order valence-electron chi connectivity index (χ3n) is 3.35. The van der Waals surface area contributed by atoms with E-state index in [4.69, 9.17) is 11.6 Å². The number of pyridine rings is 1. The number of rotatable bonds is 4. The Bertz CT molecular complexity index is 950. The molecule has 2 heterocycles. The van der Waals surface area contributed by atoms with Crippen LogP contribution in [-0.2, 0) is 0 Å². The number of halogens is 1. The first-order valence-corrected chi connectivity index (χ1v) is 8.30. The summed E-state index contributed by atoms with van der Waals surface area (Å²) in [6.07, 6.45) is 3.55. The average Bonchev–Trinajstić information content (AvgIpc) is 2.93. The van der Waals surface area contributed by atoms with Crippen LogP contribution in [0.25, 0.3) is 23.1 Å². The van der Waals surface area contributed by atoms with Crippen molar-refractivity contribution in [3.05, 3.63) is 51.6 Å². The largest absolute Gasteiger partial charge is 0.478 e. The van der Waals surface area contributed by atoms with Crippen molar-refractivity contribution >= 4 is 57.1 Å². The lowest BCUT2D eigenvalue weighted by molar-refractivity contribution is 0.0699. The van der Waals surface area contributed by atoms with Gasteiger partial charge in [0.25, 0.3) is 0 Å². The van der Waals surface area contributed by atoms with E-state index >= 15 is 0 Å². The lowest BCUT2D eigenvalue weighted by Crippen LogP contribution is -2.07. The van der Waals surface area contributed by atoms with Crippen molar-refractivity contribution in [3.63, 3.8) is 0 Å². The predicted octanol–water partition coefficient (Wildman–Crippen LogP) is 4.28. The molecule has 0 atom stereocenters. The van der Waals surface area contributed by atoms with Gasteiger partial charge in [-0.1, -0.05) is 41.1 Å². The Hall–Kier alpha value is -2.44. The van der Waals surface area contributed by atoms with Crippen molar-refractivity contribution in [2.75, 3.05) is 19.0 Å². The second-order valence-electron chi connectivity index (χ2n) is 5.30. The molecule has 7 heteroatoms. The molecule has 0 saturated heterocycles. The van der Waals surface area contributed by atoms with E-state index < -0.39 is 5.97 Å². The molecule has 122 valence electrons. The number of thiazole rings is 1. The van der Waals surface area contributed by atoms with Gasteiger partial charge >= 0.3 is 5.97 Å². The van der Waals surface area contributed by atoms with E-state index in [1.165, 1.54) is 11.3 Å². The van der Waals surface area contributed by atoms with E-state index in [0.29, 0.717) is 21.7 Å². The molecule has 1 aromatic carbocycles. The normalized spacial score (nSPS) is 11.3. The summed E-state index contributed by atoms with van der Waals surface area (Å²) in [7, 11) is 3.79. The molecular weight excluding hydrogens is 346 g/mol. The monoisotopic (exact) mass is 359 g/mol. The topological polar surface area (TPSA) is 66.3 Å². The van der Waals surface area contributed by atoms with Crippen LogP contribution in [-0.4, -0.2) is 35.1 Å². The fraction of sp³-hybridized carbons (Fsp3) is 0.118. The van der Waals surface area contributed by atoms with Gasteiger partial charge in [0.2, 0.25) is 0 Å². The highest BCUT2D eigenvalue weighted by Crippen LogP contribution is 2.30. The first-order chi connectivity index (χ1) is 11.5. The van der Waals surface area contributed by atoms with Crippen molar-refractivity contribution < 1.29 is 9.90 Å². The fourth-order valence-electron chi connectivity index (χ4n) is 2.22. The molecule has 24 heavy (non-hydrogen) atoms. The molecule has 0 aliphatic heterocycles.